The third kappa shape index (κ3) is 6.29. The number of nitrogens with zero attached hydrogens (tertiary/aromatic N) is 2. The number of likely N-dealkylation sites (tertiary alicyclic amines) is 1. The fourth-order valence-corrected chi connectivity index (χ4v) is 2.74. The average molecular weight is 319 g/mol. The molecule has 0 spiro atoms. The van der Waals surface area contributed by atoms with Crippen molar-refractivity contribution in [1.29, 1.82) is 0 Å². The van der Waals surface area contributed by atoms with Crippen LogP contribution >= 0.6 is 0 Å². The molecule has 1 heterocycles. The number of piperidine rings is 1. The number of carbonyl (C=O) groups is 1. The summed E-state index contributed by atoms with van der Waals surface area (Å²) in [6.07, 6.45) is 2.15. The van der Waals surface area contributed by atoms with Crippen LogP contribution in [0.15, 0.2) is 24.3 Å². The van der Waals surface area contributed by atoms with E-state index in [0.29, 0.717) is 12.6 Å². The molecule has 0 radical (unpaired) electrons. The molecule has 0 saturated carbocycles. The molecule has 1 aliphatic heterocycles. The maximum atomic E-state index is 12.1. The van der Waals surface area contributed by atoms with Gasteiger partial charge < -0.3 is 15.5 Å². The molecule has 23 heavy (non-hydrogen) atoms. The first-order valence-corrected chi connectivity index (χ1v) is 8.49. The number of likely N-dealkylation sites (N-methyl/N-ethyl adjacent to an activating group) is 1. The van der Waals surface area contributed by atoms with E-state index in [2.05, 4.69) is 43.5 Å². The average Bonchev–Trinajstić information content (AvgIpc) is 2.49. The van der Waals surface area contributed by atoms with Crippen LogP contribution in [0.4, 0.5) is 0 Å². The van der Waals surface area contributed by atoms with Gasteiger partial charge >= 0.3 is 0 Å². The van der Waals surface area contributed by atoms with Gasteiger partial charge in [-0.1, -0.05) is 12.1 Å². The lowest BCUT2D eigenvalue weighted by Gasteiger charge is -2.30. The normalized spacial score (nSPS) is 17.2. The van der Waals surface area contributed by atoms with Gasteiger partial charge in [0.05, 0.1) is 34.2 Å². The van der Waals surface area contributed by atoms with Crippen LogP contribution in [0.25, 0.3) is 0 Å². The molecule has 2 rings (SSSR count). The molecule has 1 fully saturated rings. The number of benzene rings is 1. The fraction of sp³-hybridized carbons (Fsp3) is 0.611. The summed E-state index contributed by atoms with van der Waals surface area (Å²) >= 11 is 0. The number of carbonyl (C=O) groups excluding carboxylic acids is 1. The molecule has 1 aromatic carbocycles. The van der Waals surface area contributed by atoms with Crippen molar-refractivity contribution in [3.63, 3.8) is 0 Å². The lowest BCUT2D eigenvalue weighted by molar-refractivity contribution is -0.869. The molecule has 0 unspecified atom stereocenters. The number of nitrogens with one attached hydrogen (secondary N) is 1. The lowest BCUT2D eigenvalue weighted by atomic mass is 10.0. The summed E-state index contributed by atoms with van der Waals surface area (Å²) < 4.78 is 0.846. The zero-order chi connectivity index (χ0) is 16.9. The van der Waals surface area contributed by atoms with Gasteiger partial charge in [0.2, 0.25) is 0 Å². The molecule has 0 aliphatic carbocycles. The van der Waals surface area contributed by atoms with Gasteiger partial charge in [0.1, 0.15) is 0 Å². The monoisotopic (exact) mass is 319 g/mol. The van der Waals surface area contributed by atoms with E-state index in [0.717, 1.165) is 49.1 Å². The molecule has 5 heteroatoms. The maximum Gasteiger partial charge on any atom is 0.251 e. The van der Waals surface area contributed by atoms with Gasteiger partial charge in [-0.05, 0) is 43.6 Å². The lowest BCUT2D eigenvalue weighted by Crippen LogP contribution is -2.41. The third-order valence-electron chi connectivity index (χ3n) is 4.32. The van der Waals surface area contributed by atoms with E-state index >= 15 is 0 Å². The molecule has 0 atom stereocenters. The summed E-state index contributed by atoms with van der Waals surface area (Å²) in [5.74, 6) is 0.00828. The van der Waals surface area contributed by atoms with Crippen molar-refractivity contribution in [1.82, 2.24) is 10.2 Å². The Morgan fingerprint density at radius 3 is 2.39 bits per heavy atom. The van der Waals surface area contributed by atoms with Gasteiger partial charge in [-0.15, -0.1) is 0 Å². The van der Waals surface area contributed by atoms with Crippen molar-refractivity contribution < 1.29 is 9.28 Å². The van der Waals surface area contributed by atoms with Crippen molar-refractivity contribution in [3.05, 3.63) is 35.4 Å². The molecule has 3 N–H and O–H groups in total. The quantitative estimate of drug-likeness (QED) is 0.771. The van der Waals surface area contributed by atoms with Crippen LogP contribution in [0.3, 0.4) is 0 Å². The Hall–Kier alpha value is -1.43. The molecule has 1 saturated heterocycles. The molecule has 1 amide bonds. The standard InChI is InChI=1S/C18H30N4O/c1-22(2,3)13-10-20-18(23)16-6-4-15(5-7-16)14-21-11-8-17(19)9-12-21/h4-7,17H,8-14,19H2,1-3H3/p+1. The highest BCUT2D eigenvalue weighted by Crippen LogP contribution is 2.13. The summed E-state index contributed by atoms with van der Waals surface area (Å²) in [5.41, 5.74) is 7.92. The van der Waals surface area contributed by atoms with Crippen LogP contribution < -0.4 is 11.1 Å². The molecule has 128 valence electrons. The van der Waals surface area contributed by atoms with Gasteiger partial charge in [0.25, 0.3) is 5.91 Å². The molecule has 0 bridgehead atoms. The Morgan fingerprint density at radius 1 is 1.22 bits per heavy atom. The van der Waals surface area contributed by atoms with Crippen LogP contribution in [0.5, 0.6) is 0 Å². The second kappa shape index (κ2) is 7.90. The number of hydrogen-bond donors (Lipinski definition) is 2. The Labute approximate surface area is 140 Å². The van der Waals surface area contributed by atoms with E-state index in [4.69, 9.17) is 5.73 Å². The van der Waals surface area contributed by atoms with Crippen molar-refractivity contribution in [2.45, 2.75) is 25.4 Å². The van der Waals surface area contributed by atoms with E-state index < -0.39 is 0 Å². The Balaban J connectivity index is 1.80. The molecule has 1 aliphatic rings. The van der Waals surface area contributed by atoms with E-state index in [1.807, 2.05) is 12.1 Å². The van der Waals surface area contributed by atoms with Crippen LogP contribution in [-0.4, -0.2) is 68.7 Å². The molecule has 1 aromatic rings. The first-order chi connectivity index (χ1) is 10.8. The highest BCUT2D eigenvalue weighted by atomic mass is 16.1. The fourth-order valence-electron chi connectivity index (χ4n) is 2.74. The molecule has 0 aromatic heterocycles. The van der Waals surface area contributed by atoms with Crippen molar-refractivity contribution >= 4 is 5.91 Å². The molecular weight excluding hydrogens is 288 g/mol. The first-order valence-electron chi connectivity index (χ1n) is 8.49. The second-order valence-corrected chi connectivity index (χ2v) is 7.58. The van der Waals surface area contributed by atoms with Gasteiger partial charge in [-0.25, -0.2) is 0 Å². The van der Waals surface area contributed by atoms with Crippen molar-refractivity contribution in [2.24, 2.45) is 5.73 Å². The zero-order valence-electron chi connectivity index (χ0n) is 14.7. The summed E-state index contributed by atoms with van der Waals surface area (Å²) in [5, 5.41) is 2.98. The minimum Gasteiger partial charge on any atom is -0.346 e. The molecular formula is C18H31N4O+. The summed E-state index contributed by atoms with van der Waals surface area (Å²) in [6.45, 7) is 4.68. The number of amides is 1. The van der Waals surface area contributed by atoms with E-state index in [-0.39, 0.29) is 5.91 Å². The van der Waals surface area contributed by atoms with E-state index in [1.54, 1.807) is 0 Å². The van der Waals surface area contributed by atoms with Crippen LogP contribution in [0.1, 0.15) is 28.8 Å². The number of rotatable bonds is 6. The summed E-state index contributed by atoms with van der Waals surface area (Å²) in [4.78, 5) is 14.6. The Kier molecular flexibility index (Phi) is 6.16. The number of quaternary nitrogens is 1. The predicted octanol–water partition coefficient (Wildman–Crippen LogP) is 1.05. The van der Waals surface area contributed by atoms with Gasteiger partial charge in [-0.2, -0.15) is 0 Å². The van der Waals surface area contributed by atoms with E-state index in [9.17, 15) is 4.79 Å². The minimum absolute atomic E-state index is 0.00828. The first kappa shape index (κ1) is 17.9. The number of hydrogen-bond acceptors (Lipinski definition) is 3. The molecule has 5 nitrogen and oxygen atoms in total. The van der Waals surface area contributed by atoms with Gasteiger partial charge in [0, 0.05) is 18.2 Å². The third-order valence-corrected chi connectivity index (χ3v) is 4.32. The smallest absolute Gasteiger partial charge is 0.251 e. The largest absolute Gasteiger partial charge is 0.346 e. The minimum atomic E-state index is 0.00828. The Morgan fingerprint density at radius 2 is 1.83 bits per heavy atom. The zero-order valence-corrected chi connectivity index (χ0v) is 14.7. The highest BCUT2D eigenvalue weighted by molar-refractivity contribution is 5.94. The van der Waals surface area contributed by atoms with E-state index in [1.165, 1.54) is 5.56 Å². The van der Waals surface area contributed by atoms with Crippen LogP contribution in [0, 0.1) is 0 Å². The van der Waals surface area contributed by atoms with Crippen LogP contribution in [0.2, 0.25) is 0 Å². The number of nitrogens with two attached hydrogens (primary N) is 1. The van der Waals surface area contributed by atoms with Crippen molar-refractivity contribution in [2.75, 3.05) is 47.3 Å². The summed E-state index contributed by atoms with van der Waals surface area (Å²) in [6, 6.07) is 8.33. The van der Waals surface area contributed by atoms with Crippen molar-refractivity contribution in [3.8, 4) is 0 Å². The van der Waals surface area contributed by atoms with Crippen LogP contribution in [-0.2, 0) is 6.54 Å². The highest BCUT2D eigenvalue weighted by Gasteiger charge is 2.16. The van der Waals surface area contributed by atoms with Gasteiger partial charge in [0.15, 0.2) is 0 Å². The maximum absolute atomic E-state index is 12.1. The second-order valence-electron chi connectivity index (χ2n) is 7.58. The van der Waals surface area contributed by atoms with Gasteiger partial charge in [-0.3, -0.25) is 9.69 Å². The Bertz CT molecular complexity index is 499. The topological polar surface area (TPSA) is 58.4 Å². The summed E-state index contributed by atoms with van der Waals surface area (Å²) in [7, 11) is 6.36. The predicted molar refractivity (Wildman–Crippen MR) is 94.2 cm³/mol. The SMILES string of the molecule is C[N+](C)(C)CCNC(=O)c1ccc(CN2CCC(N)CC2)cc1.